The summed E-state index contributed by atoms with van der Waals surface area (Å²) < 4.78 is 5.21. The molecule has 8 nitrogen and oxygen atoms in total. The van der Waals surface area contributed by atoms with Gasteiger partial charge in [0.05, 0.1) is 7.11 Å². The average molecular weight is 383 g/mol. The molecule has 0 radical (unpaired) electrons. The maximum absolute atomic E-state index is 12.5. The summed E-state index contributed by atoms with van der Waals surface area (Å²) in [5, 5.41) is 2.02. The van der Waals surface area contributed by atoms with Gasteiger partial charge in [0.15, 0.2) is 0 Å². The first-order chi connectivity index (χ1) is 13.3. The van der Waals surface area contributed by atoms with Crippen LogP contribution < -0.4 is 4.74 Å². The molecule has 2 aromatic rings. The highest BCUT2D eigenvalue weighted by Gasteiger charge is 2.44. The smallest absolute Gasteiger partial charge is 0.334 e. The van der Waals surface area contributed by atoms with Crippen LogP contribution in [0.15, 0.2) is 36.4 Å². The molecule has 0 saturated carbocycles. The molecule has 1 aliphatic rings. The van der Waals surface area contributed by atoms with Crippen LogP contribution in [0.1, 0.15) is 12.5 Å². The molecule has 1 heterocycles. The van der Waals surface area contributed by atoms with Crippen molar-refractivity contribution in [3.05, 3.63) is 42.0 Å². The van der Waals surface area contributed by atoms with Gasteiger partial charge in [0.2, 0.25) is 5.91 Å². The highest BCUT2D eigenvalue weighted by Crippen LogP contribution is 2.22. The number of hydrogen-bond acceptors (Lipinski definition) is 5. The molecule has 1 aliphatic heterocycles. The largest absolute Gasteiger partial charge is 0.497 e. The molecular weight excluding hydrogens is 362 g/mol. The summed E-state index contributed by atoms with van der Waals surface area (Å²) in [5.41, 5.74) is 0.902. The molecule has 1 saturated heterocycles. The summed E-state index contributed by atoms with van der Waals surface area (Å²) in [6.07, 6.45) is 0. The Kier molecular flexibility index (Phi) is 5.30. The fourth-order valence-electron chi connectivity index (χ4n) is 3.09. The van der Waals surface area contributed by atoms with Gasteiger partial charge in [-0.15, -0.1) is 0 Å². The second-order valence-electron chi connectivity index (χ2n) is 6.52. The monoisotopic (exact) mass is 383 g/mol. The Morgan fingerprint density at radius 3 is 2.29 bits per heavy atom. The molecule has 0 N–H and O–H groups in total. The van der Waals surface area contributed by atoms with Crippen molar-refractivity contribution in [3.8, 4) is 5.75 Å². The maximum atomic E-state index is 12.5. The van der Waals surface area contributed by atoms with Crippen molar-refractivity contribution >= 4 is 34.5 Å². The molecule has 8 heteroatoms. The van der Waals surface area contributed by atoms with Gasteiger partial charge < -0.3 is 9.64 Å². The fraction of sp³-hybridized carbons (Fsp3) is 0.300. The Bertz CT molecular complexity index is 971. The van der Waals surface area contributed by atoms with Gasteiger partial charge in [-0.25, -0.2) is 9.69 Å². The summed E-state index contributed by atoms with van der Waals surface area (Å²) in [7, 11) is 3.20. The number of hydrogen-bond donors (Lipinski definition) is 0. The van der Waals surface area contributed by atoms with Gasteiger partial charge >= 0.3 is 17.8 Å². The number of ether oxygens (including phenoxy) is 1. The zero-order valence-electron chi connectivity index (χ0n) is 16.0. The lowest BCUT2D eigenvalue weighted by atomic mass is 10.1. The summed E-state index contributed by atoms with van der Waals surface area (Å²) in [5.74, 6) is -1.52. The number of likely N-dealkylation sites (N-methyl/N-ethyl adjacent to an activating group) is 2. The average Bonchev–Trinajstić information content (AvgIpc) is 2.90. The normalized spacial score (nSPS) is 14.2. The fourth-order valence-corrected chi connectivity index (χ4v) is 3.09. The van der Waals surface area contributed by atoms with E-state index in [0.717, 1.165) is 27.0 Å². The van der Waals surface area contributed by atoms with Crippen LogP contribution in [0.25, 0.3) is 10.8 Å². The Hall–Kier alpha value is -3.42. The van der Waals surface area contributed by atoms with E-state index in [9.17, 15) is 19.2 Å². The van der Waals surface area contributed by atoms with Crippen molar-refractivity contribution < 1.29 is 23.9 Å². The Labute approximate surface area is 162 Å². The second kappa shape index (κ2) is 7.67. The van der Waals surface area contributed by atoms with Crippen molar-refractivity contribution in [2.24, 2.45) is 0 Å². The van der Waals surface area contributed by atoms with Gasteiger partial charge in [0.1, 0.15) is 12.3 Å². The summed E-state index contributed by atoms with van der Waals surface area (Å²) in [6.45, 7) is 1.53. The number of fused-ring (bicyclic) bond motifs is 1. The lowest BCUT2D eigenvalue weighted by Gasteiger charge is -2.20. The van der Waals surface area contributed by atoms with Crippen LogP contribution in [0.3, 0.4) is 0 Å². The Balaban J connectivity index is 1.69. The highest BCUT2D eigenvalue weighted by atomic mass is 16.5. The van der Waals surface area contributed by atoms with Crippen LogP contribution in [-0.4, -0.2) is 65.7 Å². The minimum absolute atomic E-state index is 0.0891. The van der Waals surface area contributed by atoms with Crippen molar-refractivity contribution in [3.63, 3.8) is 0 Å². The number of methoxy groups -OCH3 is 1. The van der Waals surface area contributed by atoms with Gasteiger partial charge in [-0.3, -0.25) is 19.3 Å². The van der Waals surface area contributed by atoms with Crippen molar-refractivity contribution in [1.82, 2.24) is 14.7 Å². The SMILES string of the molecule is CCN1C(=O)C(=O)N(CC(=O)N(C)Cc2ccc3cc(OC)ccc3c2)C1=O. The van der Waals surface area contributed by atoms with Crippen LogP contribution in [-0.2, 0) is 20.9 Å². The lowest BCUT2D eigenvalue weighted by Crippen LogP contribution is -2.42. The highest BCUT2D eigenvalue weighted by molar-refractivity contribution is 6.45. The molecule has 2 aromatic carbocycles. The van der Waals surface area contributed by atoms with Crippen LogP contribution in [0.4, 0.5) is 4.79 Å². The van der Waals surface area contributed by atoms with E-state index in [2.05, 4.69) is 0 Å². The minimum atomic E-state index is -0.965. The quantitative estimate of drug-likeness (QED) is 0.559. The molecule has 0 aromatic heterocycles. The summed E-state index contributed by atoms with van der Waals surface area (Å²) >= 11 is 0. The third kappa shape index (κ3) is 3.53. The van der Waals surface area contributed by atoms with Gasteiger partial charge in [-0.2, -0.15) is 0 Å². The number of rotatable bonds is 6. The van der Waals surface area contributed by atoms with E-state index < -0.39 is 30.3 Å². The topological polar surface area (TPSA) is 87.2 Å². The molecule has 1 fully saturated rings. The first kappa shape index (κ1) is 19.3. The van der Waals surface area contributed by atoms with Gasteiger partial charge in [-0.1, -0.05) is 18.2 Å². The summed E-state index contributed by atoms with van der Waals surface area (Å²) in [6, 6.07) is 10.8. The number of nitrogens with zero attached hydrogens (tertiary/aromatic N) is 3. The van der Waals surface area contributed by atoms with E-state index in [1.54, 1.807) is 21.1 Å². The second-order valence-corrected chi connectivity index (χ2v) is 6.52. The molecule has 0 atom stereocenters. The molecule has 146 valence electrons. The van der Waals surface area contributed by atoms with E-state index in [-0.39, 0.29) is 6.54 Å². The number of benzene rings is 2. The van der Waals surface area contributed by atoms with Crippen LogP contribution >= 0.6 is 0 Å². The number of imide groups is 2. The summed E-state index contributed by atoms with van der Waals surface area (Å²) in [4.78, 5) is 51.2. The third-order valence-electron chi connectivity index (χ3n) is 4.70. The molecule has 0 unspecified atom stereocenters. The third-order valence-corrected chi connectivity index (χ3v) is 4.70. The van der Waals surface area contributed by atoms with E-state index in [4.69, 9.17) is 4.74 Å². The van der Waals surface area contributed by atoms with Crippen LogP contribution in [0.2, 0.25) is 0 Å². The zero-order valence-corrected chi connectivity index (χ0v) is 16.0. The predicted octanol–water partition coefficient (Wildman–Crippen LogP) is 1.62. The van der Waals surface area contributed by atoms with Gasteiger partial charge in [0.25, 0.3) is 0 Å². The Morgan fingerprint density at radius 2 is 1.64 bits per heavy atom. The van der Waals surface area contributed by atoms with E-state index >= 15 is 0 Å². The lowest BCUT2D eigenvalue weighted by molar-refractivity contribution is -0.144. The first-order valence-corrected chi connectivity index (χ1v) is 8.83. The molecular formula is C20H21N3O5. The molecule has 0 bridgehead atoms. The van der Waals surface area contributed by atoms with Crippen molar-refractivity contribution in [2.45, 2.75) is 13.5 Å². The Morgan fingerprint density at radius 1 is 1.00 bits per heavy atom. The molecule has 0 spiro atoms. The number of urea groups is 1. The molecule has 5 amide bonds. The van der Waals surface area contributed by atoms with Crippen molar-refractivity contribution in [2.75, 3.05) is 27.2 Å². The minimum Gasteiger partial charge on any atom is -0.497 e. The molecule has 3 rings (SSSR count). The number of amides is 5. The van der Waals surface area contributed by atoms with Crippen molar-refractivity contribution in [1.29, 1.82) is 0 Å². The first-order valence-electron chi connectivity index (χ1n) is 8.83. The van der Waals surface area contributed by atoms with E-state index in [1.807, 2.05) is 36.4 Å². The van der Waals surface area contributed by atoms with Gasteiger partial charge in [0, 0.05) is 20.1 Å². The number of carbonyl (C=O) groups excluding carboxylic acids is 4. The maximum Gasteiger partial charge on any atom is 0.334 e. The number of carbonyl (C=O) groups is 4. The van der Waals surface area contributed by atoms with E-state index in [0.29, 0.717) is 11.4 Å². The molecule has 28 heavy (non-hydrogen) atoms. The standard InChI is InChI=1S/C20H21N3O5/c1-4-22-18(25)19(26)23(20(22)27)12-17(24)21(2)11-13-5-6-15-10-16(28-3)8-7-14(15)9-13/h5-10H,4,11-12H2,1-3H3. The van der Waals surface area contributed by atoms with Gasteiger partial charge in [-0.05, 0) is 41.5 Å². The van der Waals surface area contributed by atoms with Crippen LogP contribution in [0, 0.1) is 0 Å². The molecule has 0 aliphatic carbocycles. The van der Waals surface area contributed by atoms with E-state index in [1.165, 1.54) is 4.90 Å². The zero-order chi connectivity index (χ0) is 20.4. The predicted molar refractivity (Wildman–Crippen MR) is 101 cm³/mol. The van der Waals surface area contributed by atoms with Crippen LogP contribution in [0.5, 0.6) is 5.75 Å².